The summed E-state index contributed by atoms with van der Waals surface area (Å²) in [5.41, 5.74) is 10.4. The van der Waals surface area contributed by atoms with Gasteiger partial charge in [0.1, 0.15) is 12.1 Å². The van der Waals surface area contributed by atoms with Crippen LogP contribution < -0.4 is 22.1 Å². The van der Waals surface area contributed by atoms with Gasteiger partial charge in [0.15, 0.2) is 0 Å². The van der Waals surface area contributed by atoms with E-state index < -0.39 is 55.0 Å². The number of hydrogen-bond acceptors (Lipinski definition) is 7. The highest BCUT2D eigenvalue weighted by Gasteiger charge is 2.27. The highest BCUT2D eigenvalue weighted by molar-refractivity contribution is 5.92. The molecule has 0 rings (SSSR count). The fourth-order valence-corrected chi connectivity index (χ4v) is 1.36. The van der Waals surface area contributed by atoms with Crippen molar-refractivity contribution >= 4 is 23.7 Å². The minimum absolute atomic E-state index is 0.0463. The molecule has 0 saturated carbocycles. The molecular formula is C11H20N4O7. The van der Waals surface area contributed by atoms with Crippen LogP contribution in [0.2, 0.25) is 0 Å². The van der Waals surface area contributed by atoms with Gasteiger partial charge >= 0.3 is 5.97 Å². The van der Waals surface area contributed by atoms with Crippen molar-refractivity contribution in [3.05, 3.63) is 0 Å². The van der Waals surface area contributed by atoms with E-state index in [2.05, 4.69) is 5.32 Å². The summed E-state index contributed by atoms with van der Waals surface area (Å²) in [5, 5.41) is 30.6. The minimum atomic E-state index is -1.57. The molecule has 22 heavy (non-hydrogen) atoms. The molecule has 0 bridgehead atoms. The Bertz CT molecular complexity index is 429. The summed E-state index contributed by atoms with van der Waals surface area (Å²) in [4.78, 5) is 44.6. The third-order valence-electron chi connectivity index (χ3n) is 2.65. The molecule has 3 unspecified atom stereocenters. The van der Waals surface area contributed by atoms with E-state index in [-0.39, 0.29) is 12.8 Å². The number of carboxylic acids is 1. The molecule has 11 heteroatoms. The number of aliphatic carboxylic acids is 1. The van der Waals surface area contributed by atoms with Crippen molar-refractivity contribution in [1.82, 2.24) is 10.6 Å². The lowest BCUT2D eigenvalue weighted by atomic mass is 10.1. The monoisotopic (exact) mass is 320 g/mol. The number of carboxylic acid groups (broad SMARTS) is 1. The summed E-state index contributed by atoms with van der Waals surface area (Å²) in [7, 11) is 0. The van der Waals surface area contributed by atoms with E-state index in [1.54, 1.807) is 0 Å². The maximum Gasteiger partial charge on any atom is 0.328 e. The number of nitrogens with two attached hydrogens (primary N) is 2. The molecule has 0 fully saturated rings. The Hall–Kier alpha value is -2.24. The maximum atomic E-state index is 11.7. The Morgan fingerprint density at radius 2 is 1.45 bits per heavy atom. The molecule has 0 aromatic carbocycles. The smallest absolute Gasteiger partial charge is 0.328 e. The van der Waals surface area contributed by atoms with E-state index in [9.17, 15) is 19.2 Å². The number of rotatable bonds is 10. The van der Waals surface area contributed by atoms with Crippen molar-refractivity contribution in [1.29, 1.82) is 0 Å². The molecule has 0 aromatic heterocycles. The molecule has 0 saturated heterocycles. The molecule has 0 heterocycles. The number of hydrogen-bond donors (Lipinski definition) is 7. The van der Waals surface area contributed by atoms with Crippen molar-refractivity contribution in [2.24, 2.45) is 11.5 Å². The molecule has 9 N–H and O–H groups in total. The van der Waals surface area contributed by atoms with Gasteiger partial charge in [-0.15, -0.1) is 0 Å². The first-order chi connectivity index (χ1) is 10.2. The average molecular weight is 320 g/mol. The number of aliphatic hydroxyl groups excluding tert-OH is 2. The molecule has 0 aromatic rings. The first-order valence-electron chi connectivity index (χ1n) is 6.32. The van der Waals surface area contributed by atoms with Gasteiger partial charge in [-0.2, -0.15) is 0 Å². The Morgan fingerprint density at radius 3 is 1.86 bits per heavy atom. The van der Waals surface area contributed by atoms with Gasteiger partial charge < -0.3 is 37.4 Å². The number of carbonyl (C=O) groups excluding carboxylic acids is 3. The van der Waals surface area contributed by atoms with Crippen LogP contribution in [0.3, 0.4) is 0 Å². The average Bonchev–Trinajstić information content (AvgIpc) is 2.46. The van der Waals surface area contributed by atoms with Crippen LogP contribution in [0.4, 0.5) is 0 Å². The molecule has 3 amide bonds. The summed E-state index contributed by atoms with van der Waals surface area (Å²) in [6, 6.07) is -4.13. The lowest BCUT2D eigenvalue weighted by Crippen LogP contribution is -2.56. The standard InChI is InChI=1S/C11H20N4O7/c12-5(1-2-8(13)18)9(19)14-6(3-16)10(20)15-7(4-17)11(21)22/h5-7,16-17H,1-4,12H2,(H2,13,18)(H,14,19)(H,15,20)(H,21,22). The maximum absolute atomic E-state index is 11.7. The molecule has 0 spiro atoms. The van der Waals surface area contributed by atoms with Crippen molar-refractivity contribution in [2.45, 2.75) is 31.0 Å². The van der Waals surface area contributed by atoms with Crippen molar-refractivity contribution < 1.29 is 34.5 Å². The first kappa shape index (κ1) is 19.8. The lowest BCUT2D eigenvalue weighted by molar-refractivity contribution is -0.143. The Morgan fingerprint density at radius 1 is 0.955 bits per heavy atom. The van der Waals surface area contributed by atoms with Crippen LogP contribution in [-0.4, -0.2) is 70.3 Å². The zero-order valence-corrected chi connectivity index (χ0v) is 11.7. The van der Waals surface area contributed by atoms with Gasteiger partial charge in [-0.3, -0.25) is 14.4 Å². The largest absolute Gasteiger partial charge is 0.480 e. The molecule has 126 valence electrons. The lowest BCUT2D eigenvalue weighted by Gasteiger charge is -2.20. The summed E-state index contributed by atoms with van der Waals surface area (Å²) in [6.07, 6.45) is -0.175. The van der Waals surface area contributed by atoms with Crippen molar-refractivity contribution in [2.75, 3.05) is 13.2 Å². The van der Waals surface area contributed by atoms with E-state index in [1.807, 2.05) is 5.32 Å². The van der Waals surface area contributed by atoms with Crippen LogP contribution in [0.15, 0.2) is 0 Å². The fraction of sp³-hybridized carbons (Fsp3) is 0.636. The molecule has 0 aliphatic heterocycles. The van der Waals surface area contributed by atoms with Crippen LogP contribution in [0.25, 0.3) is 0 Å². The summed E-state index contributed by atoms with van der Waals surface area (Å²) < 4.78 is 0. The van der Waals surface area contributed by atoms with Gasteiger partial charge in [0, 0.05) is 6.42 Å². The third kappa shape index (κ3) is 6.97. The SMILES string of the molecule is NC(=O)CCC(N)C(=O)NC(CO)C(=O)NC(CO)C(=O)O. The number of carbonyl (C=O) groups is 4. The normalized spacial score (nSPS) is 14.5. The van der Waals surface area contributed by atoms with Gasteiger partial charge in [-0.05, 0) is 6.42 Å². The van der Waals surface area contributed by atoms with E-state index >= 15 is 0 Å². The second-order valence-electron chi connectivity index (χ2n) is 4.44. The summed E-state index contributed by atoms with van der Waals surface area (Å²) >= 11 is 0. The van der Waals surface area contributed by atoms with Gasteiger partial charge in [-0.25, -0.2) is 4.79 Å². The molecule has 0 radical (unpaired) electrons. The zero-order valence-electron chi connectivity index (χ0n) is 11.7. The van der Waals surface area contributed by atoms with Crippen LogP contribution in [-0.2, 0) is 19.2 Å². The van der Waals surface area contributed by atoms with Gasteiger partial charge in [0.05, 0.1) is 19.3 Å². The third-order valence-corrected chi connectivity index (χ3v) is 2.65. The van der Waals surface area contributed by atoms with Crippen LogP contribution >= 0.6 is 0 Å². The van der Waals surface area contributed by atoms with Crippen molar-refractivity contribution in [3.8, 4) is 0 Å². The Kier molecular flexibility index (Phi) is 8.67. The molecular weight excluding hydrogens is 300 g/mol. The second kappa shape index (κ2) is 9.65. The topological polar surface area (TPSA) is 205 Å². The fourth-order valence-electron chi connectivity index (χ4n) is 1.36. The van der Waals surface area contributed by atoms with E-state index in [4.69, 9.17) is 26.8 Å². The minimum Gasteiger partial charge on any atom is -0.480 e. The highest BCUT2D eigenvalue weighted by Crippen LogP contribution is 1.96. The summed E-state index contributed by atoms with van der Waals surface area (Å²) in [6.45, 7) is -1.66. The summed E-state index contributed by atoms with van der Waals surface area (Å²) in [5.74, 6) is -3.94. The predicted molar refractivity (Wildman–Crippen MR) is 72.1 cm³/mol. The first-order valence-corrected chi connectivity index (χ1v) is 6.32. The van der Waals surface area contributed by atoms with Crippen LogP contribution in [0, 0.1) is 0 Å². The van der Waals surface area contributed by atoms with Gasteiger partial charge in [0.2, 0.25) is 17.7 Å². The highest BCUT2D eigenvalue weighted by atomic mass is 16.4. The second-order valence-corrected chi connectivity index (χ2v) is 4.44. The Balaban J connectivity index is 4.57. The Labute approximate surface area is 125 Å². The van der Waals surface area contributed by atoms with E-state index in [0.717, 1.165) is 0 Å². The molecule has 3 atom stereocenters. The van der Waals surface area contributed by atoms with Crippen molar-refractivity contribution in [3.63, 3.8) is 0 Å². The van der Waals surface area contributed by atoms with Crippen LogP contribution in [0.5, 0.6) is 0 Å². The van der Waals surface area contributed by atoms with E-state index in [0.29, 0.717) is 0 Å². The number of nitrogens with one attached hydrogen (secondary N) is 2. The van der Waals surface area contributed by atoms with Crippen LogP contribution in [0.1, 0.15) is 12.8 Å². The molecule has 11 nitrogen and oxygen atoms in total. The quantitative estimate of drug-likeness (QED) is 0.209. The predicted octanol–water partition coefficient (Wildman–Crippen LogP) is -4.38. The van der Waals surface area contributed by atoms with Gasteiger partial charge in [0.25, 0.3) is 0 Å². The molecule has 0 aliphatic rings. The zero-order chi connectivity index (χ0) is 17.3. The van der Waals surface area contributed by atoms with Gasteiger partial charge in [-0.1, -0.05) is 0 Å². The number of amides is 3. The molecule has 0 aliphatic carbocycles. The number of primary amides is 1. The number of aliphatic hydroxyl groups is 2. The van der Waals surface area contributed by atoms with E-state index in [1.165, 1.54) is 0 Å².